The summed E-state index contributed by atoms with van der Waals surface area (Å²) < 4.78 is 5.22. The second kappa shape index (κ2) is 8.06. The molecule has 0 heterocycles. The molecule has 0 amide bonds. The number of hydrogen-bond acceptors (Lipinski definition) is 4. The molecule has 8 atom stereocenters. The van der Waals surface area contributed by atoms with Gasteiger partial charge in [-0.3, -0.25) is 14.4 Å². The first-order chi connectivity index (χ1) is 14.3. The van der Waals surface area contributed by atoms with Crippen molar-refractivity contribution in [1.29, 1.82) is 0 Å². The van der Waals surface area contributed by atoms with E-state index >= 15 is 0 Å². The predicted octanol–water partition coefficient (Wildman–Crippen LogP) is 5.37. The standard InChI is InChI=1S/C26H40O4/c1-5-16-15-17-7-8-18-20-10-9-19(24(29)30-6-2)23(28)26(20,4)13-11-21(18)25(17,3)14-12-22(16)27/h16-21H,5-15H2,1-4H3/t16?,17-,18+,19?,20+,21+,25+,26+/m1/s1. The third-order valence-corrected chi connectivity index (χ3v) is 10.1. The van der Waals surface area contributed by atoms with Crippen molar-refractivity contribution in [3.63, 3.8) is 0 Å². The first-order valence-electron chi connectivity index (χ1n) is 12.5. The molecule has 0 aromatic heterocycles. The third-order valence-electron chi connectivity index (χ3n) is 10.1. The van der Waals surface area contributed by atoms with Gasteiger partial charge < -0.3 is 4.74 Å². The average molecular weight is 417 g/mol. The fraction of sp³-hybridized carbons (Fsp3) is 0.885. The molecule has 0 radical (unpaired) electrons. The Balaban J connectivity index is 1.58. The van der Waals surface area contributed by atoms with E-state index in [-0.39, 0.29) is 28.5 Å². The monoisotopic (exact) mass is 416 g/mol. The molecule has 30 heavy (non-hydrogen) atoms. The van der Waals surface area contributed by atoms with Gasteiger partial charge in [-0.15, -0.1) is 0 Å². The first-order valence-corrected chi connectivity index (χ1v) is 12.5. The van der Waals surface area contributed by atoms with Crippen molar-refractivity contribution in [3.05, 3.63) is 0 Å². The number of Topliss-reactive ketones (excluding diaryl/α,β-unsaturated/α-hetero) is 2. The van der Waals surface area contributed by atoms with Gasteiger partial charge in [-0.1, -0.05) is 20.8 Å². The zero-order chi connectivity index (χ0) is 21.7. The highest BCUT2D eigenvalue weighted by Crippen LogP contribution is 2.65. The smallest absolute Gasteiger partial charge is 0.316 e. The summed E-state index contributed by atoms with van der Waals surface area (Å²) >= 11 is 0. The summed E-state index contributed by atoms with van der Waals surface area (Å²) in [5, 5.41) is 0. The molecule has 0 spiro atoms. The largest absolute Gasteiger partial charge is 0.465 e. The third kappa shape index (κ3) is 3.28. The van der Waals surface area contributed by atoms with Gasteiger partial charge in [0.1, 0.15) is 11.7 Å². The summed E-state index contributed by atoms with van der Waals surface area (Å²) in [6, 6.07) is 0. The molecule has 4 nitrogen and oxygen atoms in total. The lowest BCUT2D eigenvalue weighted by atomic mass is 9.43. The molecule has 4 saturated carbocycles. The van der Waals surface area contributed by atoms with Gasteiger partial charge in [0.05, 0.1) is 6.61 Å². The number of rotatable bonds is 3. The normalized spacial score (nSPS) is 46.3. The maximum absolute atomic E-state index is 13.5. The summed E-state index contributed by atoms with van der Waals surface area (Å²) in [6.07, 6.45) is 9.76. The highest BCUT2D eigenvalue weighted by Gasteiger charge is 2.61. The van der Waals surface area contributed by atoms with Crippen LogP contribution in [0.4, 0.5) is 0 Å². The molecular weight excluding hydrogens is 376 g/mol. The minimum Gasteiger partial charge on any atom is -0.465 e. The van der Waals surface area contributed by atoms with Gasteiger partial charge in [-0.25, -0.2) is 0 Å². The molecule has 4 heteroatoms. The van der Waals surface area contributed by atoms with E-state index in [4.69, 9.17) is 4.74 Å². The quantitative estimate of drug-likeness (QED) is 0.458. The summed E-state index contributed by atoms with van der Waals surface area (Å²) in [5.74, 6) is 2.21. The number of ether oxygens (including phenoxy) is 1. The highest BCUT2D eigenvalue weighted by molar-refractivity contribution is 6.02. The maximum atomic E-state index is 13.5. The van der Waals surface area contributed by atoms with Crippen molar-refractivity contribution in [2.45, 2.75) is 91.9 Å². The van der Waals surface area contributed by atoms with Crippen LogP contribution in [0.2, 0.25) is 0 Å². The van der Waals surface area contributed by atoms with Crippen molar-refractivity contribution >= 4 is 17.5 Å². The molecule has 2 unspecified atom stereocenters. The number of carbonyl (C=O) groups excluding carboxylic acids is 3. The Morgan fingerprint density at radius 2 is 1.77 bits per heavy atom. The van der Waals surface area contributed by atoms with Gasteiger partial charge in [0.25, 0.3) is 0 Å². The Morgan fingerprint density at radius 3 is 2.47 bits per heavy atom. The Morgan fingerprint density at radius 1 is 1.00 bits per heavy atom. The molecule has 4 aliphatic rings. The fourth-order valence-corrected chi connectivity index (χ4v) is 8.28. The van der Waals surface area contributed by atoms with Crippen molar-refractivity contribution in [2.75, 3.05) is 6.61 Å². The highest BCUT2D eigenvalue weighted by atomic mass is 16.5. The van der Waals surface area contributed by atoms with Crippen LogP contribution in [-0.4, -0.2) is 24.1 Å². The van der Waals surface area contributed by atoms with Crippen LogP contribution < -0.4 is 0 Å². The lowest BCUT2D eigenvalue weighted by molar-refractivity contribution is -0.169. The van der Waals surface area contributed by atoms with Crippen molar-refractivity contribution in [2.24, 2.45) is 46.3 Å². The summed E-state index contributed by atoms with van der Waals surface area (Å²) in [4.78, 5) is 38.5. The topological polar surface area (TPSA) is 60.4 Å². The van der Waals surface area contributed by atoms with Crippen LogP contribution >= 0.6 is 0 Å². The molecule has 0 aliphatic heterocycles. The Hall–Kier alpha value is -1.19. The zero-order valence-corrected chi connectivity index (χ0v) is 19.4. The van der Waals surface area contributed by atoms with Crippen LogP contribution in [0.25, 0.3) is 0 Å². The first kappa shape index (κ1) is 22.0. The van der Waals surface area contributed by atoms with Crippen LogP contribution in [0.15, 0.2) is 0 Å². The van der Waals surface area contributed by atoms with Gasteiger partial charge in [0.2, 0.25) is 0 Å². The van der Waals surface area contributed by atoms with Crippen LogP contribution in [-0.2, 0) is 19.1 Å². The lowest BCUT2D eigenvalue weighted by Crippen LogP contribution is -2.57. The lowest BCUT2D eigenvalue weighted by Gasteiger charge is -2.60. The van der Waals surface area contributed by atoms with Crippen molar-refractivity contribution in [1.82, 2.24) is 0 Å². The van der Waals surface area contributed by atoms with E-state index in [1.54, 1.807) is 6.92 Å². The molecule has 0 bridgehead atoms. The van der Waals surface area contributed by atoms with Crippen molar-refractivity contribution in [3.8, 4) is 0 Å². The van der Waals surface area contributed by atoms with Gasteiger partial charge in [0, 0.05) is 17.8 Å². The second-order valence-corrected chi connectivity index (χ2v) is 11.2. The van der Waals surface area contributed by atoms with E-state index in [0.29, 0.717) is 42.5 Å². The van der Waals surface area contributed by atoms with Crippen LogP contribution in [0.5, 0.6) is 0 Å². The fourth-order valence-electron chi connectivity index (χ4n) is 8.28. The van der Waals surface area contributed by atoms with Crippen molar-refractivity contribution < 1.29 is 19.1 Å². The Bertz CT molecular complexity index is 714. The number of carbonyl (C=O) groups is 3. The van der Waals surface area contributed by atoms with E-state index < -0.39 is 5.92 Å². The summed E-state index contributed by atoms with van der Waals surface area (Å²) in [5.41, 5.74) is -0.155. The molecule has 0 saturated heterocycles. The van der Waals surface area contributed by atoms with Crippen LogP contribution in [0, 0.1) is 46.3 Å². The average Bonchev–Trinajstić information content (AvgIpc) is 2.85. The molecule has 0 N–H and O–H groups in total. The maximum Gasteiger partial charge on any atom is 0.316 e. The molecule has 4 aliphatic carbocycles. The van der Waals surface area contributed by atoms with Crippen LogP contribution in [0.3, 0.4) is 0 Å². The second-order valence-electron chi connectivity index (χ2n) is 11.2. The number of fused-ring (bicyclic) bond motifs is 5. The zero-order valence-electron chi connectivity index (χ0n) is 19.4. The molecule has 168 valence electrons. The molecule has 4 fully saturated rings. The van der Waals surface area contributed by atoms with Crippen LogP contribution in [0.1, 0.15) is 91.9 Å². The molecule has 0 aromatic rings. The van der Waals surface area contributed by atoms with E-state index in [1.165, 1.54) is 12.8 Å². The minimum absolute atomic E-state index is 0.144. The van der Waals surface area contributed by atoms with E-state index in [1.807, 2.05) is 0 Å². The molecule has 0 aromatic carbocycles. The summed E-state index contributed by atoms with van der Waals surface area (Å²) in [7, 11) is 0. The van der Waals surface area contributed by atoms with Gasteiger partial charge in [-0.2, -0.15) is 0 Å². The van der Waals surface area contributed by atoms with Gasteiger partial charge in [-0.05, 0) is 93.8 Å². The number of ketones is 2. The molecular formula is C26H40O4. The predicted molar refractivity (Wildman–Crippen MR) is 116 cm³/mol. The van der Waals surface area contributed by atoms with E-state index in [9.17, 15) is 14.4 Å². The van der Waals surface area contributed by atoms with Gasteiger partial charge in [0.15, 0.2) is 5.78 Å². The summed E-state index contributed by atoms with van der Waals surface area (Å²) in [6.45, 7) is 8.91. The van der Waals surface area contributed by atoms with E-state index in [0.717, 1.165) is 44.9 Å². The Labute approximate surface area is 181 Å². The number of hydrogen-bond donors (Lipinski definition) is 0. The number of esters is 1. The minimum atomic E-state index is -0.560. The Kier molecular flexibility index (Phi) is 5.91. The molecule has 4 rings (SSSR count). The van der Waals surface area contributed by atoms with Gasteiger partial charge >= 0.3 is 5.97 Å². The SMILES string of the molecule is CCOC(=O)C1CC[C@H]2[C@@H]3CC[C@@H]4CC(CC)C(=O)CC[C@]4(C)[C@H]3CC[C@]2(C)C1=O. The van der Waals surface area contributed by atoms with E-state index in [2.05, 4.69) is 20.8 Å².